The molecule has 0 saturated heterocycles. The fraction of sp³-hybridized carbons (Fsp3) is 0.300. The van der Waals surface area contributed by atoms with E-state index in [0.717, 1.165) is 0 Å². The maximum Gasteiger partial charge on any atom is 0.459 e. The molecule has 26 heteroatoms. The predicted molar refractivity (Wildman–Crippen MR) is 94.8 cm³/mol. The third-order valence-corrected chi connectivity index (χ3v) is 5.18. The molecule has 0 aliphatic heterocycles. The first-order chi connectivity index (χ1) is 20.1. The van der Waals surface area contributed by atoms with E-state index in [0.29, 0.717) is 0 Å². The molecule has 0 radical (unpaired) electrons. The summed E-state index contributed by atoms with van der Waals surface area (Å²) in [4.78, 5) is -3.29. The molecule has 0 saturated carbocycles. The molecule has 0 bridgehead atoms. The van der Waals surface area contributed by atoms with Crippen LogP contribution in [0.3, 0.4) is 0 Å². The van der Waals surface area contributed by atoms with Crippen LogP contribution in [-0.4, -0.2) is 24.5 Å². The van der Waals surface area contributed by atoms with Gasteiger partial charge >= 0.3 is 36.8 Å². The Labute approximate surface area is 233 Å². The van der Waals surface area contributed by atoms with Crippen molar-refractivity contribution in [3.8, 4) is 0 Å². The van der Waals surface area contributed by atoms with Crippen LogP contribution in [0.25, 0.3) is 0 Å². The molecule has 0 N–H and O–H groups in total. The minimum Gasteiger partial charge on any atom is -0.297 e. The van der Waals surface area contributed by atoms with E-state index in [1.54, 1.807) is 0 Å². The number of allylic oxidation sites excluding steroid dienone is 2. The summed E-state index contributed by atoms with van der Waals surface area (Å²) < 4.78 is 343. The molecule has 46 heavy (non-hydrogen) atoms. The molecule has 0 heterocycles. The van der Waals surface area contributed by atoms with Crippen molar-refractivity contribution in [1.82, 2.24) is 0 Å². The van der Waals surface area contributed by atoms with Crippen molar-refractivity contribution in [1.29, 1.82) is 0 Å². The normalized spacial score (nSPS) is 13.8. The second-order valence-electron chi connectivity index (χ2n) is 8.08. The Morgan fingerprint density at radius 1 is 0.370 bits per heavy atom. The van der Waals surface area contributed by atoms with Crippen molar-refractivity contribution in [2.24, 2.45) is 0 Å². The first-order valence-electron chi connectivity index (χ1n) is 10.1. The zero-order valence-corrected chi connectivity index (χ0v) is 19.9. The number of nitrogens with zero attached hydrogens (tertiary/aromatic N) is 1. The Kier molecular flexibility index (Phi) is 9.34. The molecule has 2 rings (SSSR count). The number of halogens is 25. The third kappa shape index (κ3) is 6.29. The topological polar surface area (TPSA) is 3.24 Å². The first-order valence-corrected chi connectivity index (χ1v) is 10.1. The van der Waals surface area contributed by atoms with E-state index in [-0.39, 0.29) is 0 Å². The number of benzene rings is 2. The molecule has 0 atom stereocenters. The summed E-state index contributed by atoms with van der Waals surface area (Å²) in [6.07, 6.45) is -37.3. The van der Waals surface area contributed by atoms with Crippen molar-refractivity contribution in [2.45, 2.75) is 36.8 Å². The van der Waals surface area contributed by atoms with Gasteiger partial charge in [-0.3, -0.25) is 4.90 Å². The first kappa shape index (κ1) is 38.4. The van der Waals surface area contributed by atoms with Crippen LogP contribution < -0.4 is 4.90 Å². The lowest BCUT2D eigenvalue weighted by Gasteiger charge is -2.36. The van der Waals surface area contributed by atoms with Gasteiger partial charge < -0.3 is 0 Å². The molecular formula is C20F25N. The zero-order chi connectivity index (χ0) is 36.7. The highest BCUT2D eigenvalue weighted by atomic mass is 19.4. The Morgan fingerprint density at radius 3 is 0.783 bits per heavy atom. The van der Waals surface area contributed by atoms with E-state index in [1.165, 1.54) is 0 Å². The van der Waals surface area contributed by atoms with Gasteiger partial charge in [-0.25, -0.2) is 35.1 Å². The minimum absolute atomic E-state index is 3.29. The van der Waals surface area contributed by atoms with Gasteiger partial charge in [0.2, 0.25) is 0 Å². The van der Waals surface area contributed by atoms with Gasteiger partial charge in [-0.05, 0) is 0 Å². The monoisotopic (exact) mass is 729 g/mol. The van der Waals surface area contributed by atoms with Crippen LogP contribution in [0.4, 0.5) is 121 Å². The Hall–Kier alpha value is -3.77. The van der Waals surface area contributed by atoms with Crippen LogP contribution in [0.1, 0.15) is 11.1 Å². The highest BCUT2D eigenvalue weighted by molar-refractivity contribution is 5.74. The molecule has 0 spiro atoms. The highest BCUT2D eigenvalue weighted by Gasteiger charge is 2.69. The summed E-state index contributed by atoms with van der Waals surface area (Å²) in [5.41, 5.74) is -27.4. The van der Waals surface area contributed by atoms with Crippen LogP contribution in [0.5, 0.6) is 0 Å². The second kappa shape index (κ2) is 11.2. The standard InChI is InChI=1S/C20F25N/c21-3-1(16(31,32)33)4(22)8(26)11(7(3)25)46(12-9(27)5(23)2(17(34,35)36)6(24)10(12)28)14(15(29,30)20(43,44)45)13(18(37,38)39)19(40,41)42. The number of anilines is 2. The van der Waals surface area contributed by atoms with Crippen molar-refractivity contribution in [2.75, 3.05) is 4.90 Å². The lowest BCUT2D eigenvalue weighted by Crippen LogP contribution is -2.48. The van der Waals surface area contributed by atoms with Gasteiger partial charge in [0, 0.05) is 0 Å². The molecular weight excluding hydrogens is 729 g/mol. The number of hydrogen-bond donors (Lipinski definition) is 0. The van der Waals surface area contributed by atoms with Crippen LogP contribution in [0, 0.1) is 46.5 Å². The summed E-state index contributed by atoms with van der Waals surface area (Å²) in [6.45, 7) is 0. The Balaban J connectivity index is 3.67. The maximum atomic E-state index is 14.8. The number of rotatable bonds is 4. The van der Waals surface area contributed by atoms with Crippen LogP contribution >= 0.6 is 0 Å². The summed E-state index contributed by atoms with van der Waals surface area (Å²) in [5, 5.41) is 0. The molecule has 2 aromatic carbocycles. The maximum absolute atomic E-state index is 14.8. The SMILES string of the molecule is Fc1c(F)c(C(F)(F)F)c(F)c(F)c1N(C(=C(C(F)(F)F)C(F)(F)F)C(F)(F)C(F)(F)F)c1c(F)c(F)c(C(F)(F)F)c(F)c1F. The second-order valence-corrected chi connectivity index (χ2v) is 8.08. The quantitative estimate of drug-likeness (QED) is 0.224. The number of alkyl halides is 17. The van der Waals surface area contributed by atoms with E-state index in [9.17, 15) is 110 Å². The van der Waals surface area contributed by atoms with Crippen LogP contribution in [0.2, 0.25) is 0 Å². The van der Waals surface area contributed by atoms with Crippen molar-refractivity contribution in [3.05, 3.63) is 68.9 Å². The van der Waals surface area contributed by atoms with Crippen LogP contribution in [-0.2, 0) is 12.4 Å². The largest absolute Gasteiger partial charge is 0.459 e. The fourth-order valence-electron chi connectivity index (χ4n) is 3.44. The van der Waals surface area contributed by atoms with E-state index in [2.05, 4.69) is 0 Å². The molecule has 0 aliphatic carbocycles. The average Bonchev–Trinajstić information content (AvgIpc) is 2.80. The zero-order valence-electron chi connectivity index (χ0n) is 19.9. The van der Waals surface area contributed by atoms with Gasteiger partial charge in [-0.2, -0.15) is 74.6 Å². The van der Waals surface area contributed by atoms with Gasteiger partial charge in [-0.15, -0.1) is 0 Å². The van der Waals surface area contributed by atoms with E-state index in [4.69, 9.17) is 0 Å². The van der Waals surface area contributed by atoms with Crippen LogP contribution in [0.15, 0.2) is 11.3 Å². The Morgan fingerprint density at radius 2 is 0.609 bits per heavy atom. The third-order valence-electron chi connectivity index (χ3n) is 5.18. The molecule has 0 aromatic heterocycles. The van der Waals surface area contributed by atoms with Gasteiger partial charge in [-0.1, -0.05) is 0 Å². The van der Waals surface area contributed by atoms with Gasteiger partial charge in [0.1, 0.15) is 28.2 Å². The van der Waals surface area contributed by atoms with E-state index in [1.807, 2.05) is 0 Å². The fourth-order valence-corrected chi connectivity index (χ4v) is 3.44. The molecule has 0 amide bonds. The molecule has 0 unspecified atom stereocenters. The Bertz CT molecular complexity index is 1410. The average molecular weight is 729 g/mol. The van der Waals surface area contributed by atoms with Gasteiger partial charge in [0.05, 0.1) is 0 Å². The summed E-state index contributed by atoms with van der Waals surface area (Å²) >= 11 is 0. The number of hydrogen-bond acceptors (Lipinski definition) is 1. The minimum atomic E-state index is -8.21. The summed E-state index contributed by atoms with van der Waals surface area (Å²) in [7, 11) is 0. The molecule has 0 aliphatic rings. The molecule has 1 nitrogen and oxygen atoms in total. The summed E-state index contributed by atoms with van der Waals surface area (Å²) in [6, 6.07) is 0. The molecule has 0 fully saturated rings. The predicted octanol–water partition coefficient (Wildman–Crippen LogP) is 10.6. The lowest BCUT2D eigenvalue weighted by atomic mass is 10.0. The van der Waals surface area contributed by atoms with E-state index < -0.39 is 122 Å². The smallest absolute Gasteiger partial charge is 0.297 e. The van der Waals surface area contributed by atoms with E-state index >= 15 is 0 Å². The lowest BCUT2D eigenvalue weighted by molar-refractivity contribution is -0.268. The summed E-state index contributed by atoms with van der Waals surface area (Å²) in [5.74, 6) is -42.3. The van der Waals surface area contributed by atoms with Gasteiger partial charge in [0.15, 0.2) is 52.1 Å². The van der Waals surface area contributed by atoms with Gasteiger partial charge in [0.25, 0.3) is 0 Å². The van der Waals surface area contributed by atoms with Crippen molar-refractivity contribution in [3.63, 3.8) is 0 Å². The van der Waals surface area contributed by atoms with Crippen molar-refractivity contribution < 1.29 is 110 Å². The van der Waals surface area contributed by atoms with Crippen molar-refractivity contribution >= 4 is 11.4 Å². The highest BCUT2D eigenvalue weighted by Crippen LogP contribution is 2.56. The molecule has 260 valence electrons. The molecule has 2 aromatic rings.